The zero-order valence-electron chi connectivity index (χ0n) is 8.41. The molecule has 0 aliphatic heterocycles. The van der Waals surface area contributed by atoms with Gasteiger partial charge in [-0.05, 0) is 25.0 Å². The summed E-state index contributed by atoms with van der Waals surface area (Å²) >= 11 is 0. The highest BCUT2D eigenvalue weighted by molar-refractivity contribution is 5.75. The van der Waals surface area contributed by atoms with Crippen LogP contribution in [0.4, 0.5) is 8.78 Å². The average molecular weight is 227 g/mol. The SMILES string of the molecule is O=C(O)[C@H](NC1CC1)c1c(F)cccc1F. The zero-order valence-corrected chi connectivity index (χ0v) is 8.41. The van der Waals surface area contributed by atoms with Crippen molar-refractivity contribution in [2.75, 3.05) is 0 Å². The number of hydrogen-bond acceptors (Lipinski definition) is 2. The fraction of sp³-hybridized carbons (Fsp3) is 0.364. The highest BCUT2D eigenvalue weighted by Gasteiger charge is 2.32. The molecule has 1 atom stereocenters. The molecule has 86 valence electrons. The predicted molar refractivity (Wildman–Crippen MR) is 52.9 cm³/mol. The Kier molecular flexibility index (Phi) is 2.87. The second-order valence-electron chi connectivity index (χ2n) is 3.85. The van der Waals surface area contributed by atoms with Crippen LogP contribution in [-0.2, 0) is 4.79 Å². The second-order valence-corrected chi connectivity index (χ2v) is 3.85. The first-order valence-corrected chi connectivity index (χ1v) is 5.02. The Balaban J connectivity index is 2.33. The topological polar surface area (TPSA) is 49.3 Å². The summed E-state index contributed by atoms with van der Waals surface area (Å²) < 4.78 is 26.8. The quantitative estimate of drug-likeness (QED) is 0.825. The third-order valence-corrected chi connectivity index (χ3v) is 2.52. The monoisotopic (exact) mass is 227 g/mol. The van der Waals surface area contributed by atoms with Crippen molar-refractivity contribution < 1.29 is 18.7 Å². The highest BCUT2D eigenvalue weighted by Crippen LogP contribution is 2.27. The molecule has 2 N–H and O–H groups in total. The largest absolute Gasteiger partial charge is 0.480 e. The number of halogens is 2. The predicted octanol–water partition coefficient (Wildman–Crippen LogP) is 1.84. The van der Waals surface area contributed by atoms with E-state index in [-0.39, 0.29) is 6.04 Å². The molecule has 0 bridgehead atoms. The molecule has 0 saturated heterocycles. The molecule has 5 heteroatoms. The molecule has 0 unspecified atom stereocenters. The summed E-state index contributed by atoms with van der Waals surface area (Å²) in [6.45, 7) is 0. The number of carboxylic acids is 1. The maximum absolute atomic E-state index is 13.4. The van der Waals surface area contributed by atoms with Crippen LogP contribution >= 0.6 is 0 Å². The minimum absolute atomic E-state index is 0.0557. The van der Waals surface area contributed by atoms with Crippen molar-refractivity contribution in [2.45, 2.75) is 24.9 Å². The molecule has 0 radical (unpaired) electrons. The van der Waals surface area contributed by atoms with Gasteiger partial charge < -0.3 is 5.11 Å². The van der Waals surface area contributed by atoms with E-state index in [9.17, 15) is 13.6 Å². The Morgan fingerprint density at radius 2 is 1.94 bits per heavy atom. The summed E-state index contributed by atoms with van der Waals surface area (Å²) in [4.78, 5) is 11.0. The van der Waals surface area contributed by atoms with Crippen LogP contribution in [0.1, 0.15) is 24.4 Å². The van der Waals surface area contributed by atoms with E-state index in [2.05, 4.69) is 5.32 Å². The Bertz CT molecular complexity index is 398. The number of rotatable bonds is 4. The zero-order chi connectivity index (χ0) is 11.7. The Morgan fingerprint density at radius 3 is 2.38 bits per heavy atom. The van der Waals surface area contributed by atoms with Gasteiger partial charge in [-0.3, -0.25) is 10.1 Å². The first-order valence-electron chi connectivity index (χ1n) is 5.02. The maximum atomic E-state index is 13.4. The summed E-state index contributed by atoms with van der Waals surface area (Å²) in [5, 5.41) is 11.7. The number of nitrogens with one attached hydrogen (secondary N) is 1. The summed E-state index contributed by atoms with van der Waals surface area (Å²) in [5.41, 5.74) is -0.415. The van der Waals surface area contributed by atoms with Gasteiger partial charge in [-0.25, -0.2) is 8.78 Å². The van der Waals surface area contributed by atoms with Gasteiger partial charge in [0.05, 0.1) is 5.56 Å². The fourth-order valence-corrected chi connectivity index (χ4v) is 1.55. The van der Waals surface area contributed by atoms with Crippen molar-refractivity contribution in [3.8, 4) is 0 Å². The summed E-state index contributed by atoms with van der Waals surface area (Å²) in [5.74, 6) is -2.93. The minimum Gasteiger partial charge on any atom is -0.480 e. The van der Waals surface area contributed by atoms with E-state index in [1.165, 1.54) is 6.07 Å². The number of carbonyl (C=O) groups is 1. The maximum Gasteiger partial charge on any atom is 0.325 e. The lowest BCUT2D eigenvalue weighted by atomic mass is 10.1. The van der Waals surface area contributed by atoms with E-state index in [0.29, 0.717) is 0 Å². The molecule has 1 aliphatic carbocycles. The molecular formula is C11H11F2NO2. The van der Waals surface area contributed by atoms with Crippen LogP contribution in [0.15, 0.2) is 18.2 Å². The van der Waals surface area contributed by atoms with Gasteiger partial charge in [-0.2, -0.15) is 0 Å². The molecule has 0 amide bonds. The lowest BCUT2D eigenvalue weighted by Crippen LogP contribution is -2.31. The van der Waals surface area contributed by atoms with Crippen LogP contribution in [-0.4, -0.2) is 17.1 Å². The molecule has 0 aromatic heterocycles. The van der Waals surface area contributed by atoms with Gasteiger partial charge in [0.25, 0.3) is 0 Å². The van der Waals surface area contributed by atoms with Crippen molar-refractivity contribution >= 4 is 5.97 Å². The smallest absolute Gasteiger partial charge is 0.325 e. The molecule has 16 heavy (non-hydrogen) atoms. The lowest BCUT2D eigenvalue weighted by Gasteiger charge is -2.15. The van der Waals surface area contributed by atoms with Crippen LogP contribution in [0.5, 0.6) is 0 Å². The second kappa shape index (κ2) is 4.17. The van der Waals surface area contributed by atoms with E-state index in [1.54, 1.807) is 0 Å². The van der Waals surface area contributed by atoms with Crippen molar-refractivity contribution in [1.82, 2.24) is 5.32 Å². The van der Waals surface area contributed by atoms with Crippen LogP contribution in [0.25, 0.3) is 0 Å². The molecule has 1 aliphatic rings. The number of benzene rings is 1. The van der Waals surface area contributed by atoms with E-state index >= 15 is 0 Å². The molecule has 3 nitrogen and oxygen atoms in total. The van der Waals surface area contributed by atoms with E-state index < -0.39 is 29.2 Å². The van der Waals surface area contributed by atoms with Gasteiger partial charge in [0.15, 0.2) is 0 Å². The number of aliphatic carboxylic acids is 1. The van der Waals surface area contributed by atoms with E-state index in [0.717, 1.165) is 25.0 Å². The van der Waals surface area contributed by atoms with Gasteiger partial charge in [0, 0.05) is 6.04 Å². The summed E-state index contributed by atoms with van der Waals surface area (Å²) in [6, 6.07) is 2.07. The van der Waals surface area contributed by atoms with Gasteiger partial charge >= 0.3 is 5.97 Å². The third kappa shape index (κ3) is 2.19. The van der Waals surface area contributed by atoms with Gasteiger partial charge in [-0.15, -0.1) is 0 Å². The summed E-state index contributed by atoms with van der Waals surface area (Å²) in [6.07, 6.45) is 1.69. The average Bonchev–Trinajstić information content (AvgIpc) is 2.99. The van der Waals surface area contributed by atoms with E-state index in [1.807, 2.05) is 0 Å². The van der Waals surface area contributed by atoms with Gasteiger partial charge in [0.2, 0.25) is 0 Å². The van der Waals surface area contributed by atoms with Crippen LogP contribution in [0, 0.1) is 11.6 Å². The minimum atomic E-state index is -1.31. The van der Waals surface area contributed by atoms with Crippen LogP contribution in [0.2, 0.25) is 0 Å². The third-order valence-electron chi connectivity index (χ3n) is 2.52. The van der Waals surface area contributed by atoms with Crippen LogP contribution < -0.4 is 5.32 Å². The molecule has 1 aromatic rings. The standard InChI is InChI=1S/C11H11F2NO2/c12-7-2-1-3-8(13)9(7)10(11(15)16)14-6-4-5-6/h1-3,6,10,14H,4-5H2,(H,15,16)/t10-/m1/s1. The molecule has 2 rings (SSSR count). The molecule has 0 spiro atoms. The first-order chi connectivity index (χ1) is 7.59. The number of carboxylic acid groups (broad SMARTS) is 1. The molecule has 1 fully saturated rings. The molecule has 1 saturated carbocycles. The molecular weight excluding hydrogens is 216 g/mol. The van der Waals surface area contributed by atoms with Crippen molar-refractivity contribution in [2.24, 2.45) is 0 Å². The Labute approximate surface area is 91.1 Å². The number of hydrogen-bond donors (Lipinski definition) is 2. The van der Waals surface area contributed by atoms with E-state index in [4.69, 9.17) is 5.11 Å². The normalized spacial score (nSPS) is 17.1. The van der Waals surface area contributed by atoms with Crippen molar-refractivity contribution in [1.29, 1.82) is 0 Å². The molecule has 0 heterocycles. The Morgan fingerprint density at radius 1 is 1.38 bits per heavy atom. The van der Waals surface area contributed by atoms with Crippen molar-refractivity contribution in [3.63, 3.8) is 0 Å². The van der Waals surface area contributed by atoms with Gasteiger partial charge in [-0.1, -0.05) is 6.07 Å². The Hall–Kier alpha value is -1.49. The van der Waals surface area contributed by atoms with Crippen LogP contribution in [0.3, 0.4) is 0 Å². The first kappa shape index (κ1) is 11.0. The lowest BCUT2D eigenvalue weighted by molar-refractivity contribution is -0.139. The molecule has 1 aromatic carbocycles. The fourth-order valence-electron chi connectivity index (χ4n) is 1.55. The summed E-state index contributed by atoms with van der Waals surface area (Å²) in [7, 11) is 0. The van der Waals surface area contributed by atoms with Gasteiger partial charge in [0.1, 0.15) is 17.7 Å². The van der Waals surface area contributed by atoms with Crippen molar-refractivity contribution in [3.05, 3.63) is 35.4 Å². The highest BCUT2D eigenvalue weighted by atomic mass is 19.1.